The van der Waals surface area contributed by atoms with E-state index in [1.165, 1.54) is 6.92 Å². The Hall–Kier alpha value is -0.970. The zero-order chi connectivity index (χ0) is 11.8. The Balaban J connectivity index is 2.19. The van der Waals surface area contributed by atoms with Crippen LogP contribution in [0, 0.1) is 0 Å². The number of nitrogens with two attached hydrogens (primary N) is 1. The monoisotopic (exact) mass is 229 g/mol. The van der Waals surface area contributed by atoms with Gasteiger partial charge in [0.15, 0.2) is 0 Å². The van der Waals surface area contributed by atoms with E-state index in [-0.39, 0.29) is 6.42 Å². The predicted octanol–water partition coefficient (Wildman–Crippen LogP) is 1.81. The molecule has 5 heteroatoms. The third-order valence-corrected chi connectivity index (χ3v) is 3.19. The minimum Gasteiger partial charge on any atom is -0.320 e. The summed E-state index contributed by atoms with van der Waals surface area (Å²) in [5.74, 6) is 0. The maximum atomic E-state index is 12.7. The summed E-state index contributed by atoms with van der Waals surface area (Å²) in [7, 11) is 0. The molecule has 0 saturated carbocycles. The predicted molar refractivity (Wildman–Crippen MR) is 57.5 cm³/mol. The lowest BCUT2D eigenvalue weighted by Crippen LogP contribution is -2.46. The van der Waals surface area contributed by atoms with Crippen LogP contribution in [0.5, 0.6) is 0 Å². The standard InChI is InChI=1S/C11H17F2N3/c1-11(14,10(12)13)6-9-7-4-2-3-5-8(7)15-16-9/h10H,2-6,14H2,1H3,(H,15,16). The van der Waals surface area contributed by atoms with E-state index in [4.69, 9.17) is 5.73 Å². The summed E-state index contributed by atoms with van der Waals surface area (Å²) >= 11 is 0. The van der Waals surface area contributed by atoms with Crippen molar-refractivity contribution >= 4 is 0 Å². The van der Waals surface area contributed by atoms with E-state index in [0.29, 0.717) is 0 Å². The molecule has 1 atom stereocenters. The molecule has 0 amide bonds. The van der Waals surface area contributed by atoms with Crippen molar-refractivity contribution in [1.29, 1.82) is 0 Å². The summed E-state index contributed by atoms with van der Waals surface area (Å²) in [6.45, 7) is 1.38. The van der Waals surface area contributed by atoms with Gasteiger partial charge in [0.2, 0.25) is 0 Å². The number of hydrogen-bond donors (Lipinski definition) is 2. The summed E-state index contributed by atoms with van der Waals surface area (Å²) < 4.78 is 25.3. The summed E-state index contributed by atoms with van der Waals surface area (Å²) in [5.41, 5.74) is 7.03. The molecule has 1 aliphatic rings. The molecule has 1 aliphatic carbocycles. The highest BCUT2D eigenvalue weighted by atomic mass is 19.3. The molecule has 3 nitrogen and oxygen atoms in total. The molecule has 3 N–H and O–H groups in total. The molecule has 1 aromatic heterocycles. The molecular weight excluding hydrogens is 212 g/mol. The molecule has 0 aromatic carbocycles. The van der Waals surface area contributed by atoms with Crippen LogP contribution in [0.1, 0.15) is 36.7 Å². The molecule has 0 bridgehead atoms. The number of fused-ring (bicyclic) bond motifs is 1. The number of halogens is 2. The van der Waals surface area contributed by atoms with Crippen LogP contribution in [0.25, 0.3) is 0 Å². The fourth-order valence-electron chi connectivity index (χ4n) is 2.13. The Morgan fingerprint density at radius 2 is 2.12 bits per heavy atom. The number of aryl methyl sites for hydroxylation is 1. The maximum Gasteiger partial charge on any atom is 0.256 e. The second-order valence-corrected chi connectivity index (χ2v) is 4.82. The van der Waals surface area contributed by atoms with E-state index >= 15 is 0 Å². The van der Waals surface area contributed by atoms with E-state index in [1.54, 1.807) is 0 Å². The summed E-state index contributed by atoms with van der Waals surface area (Å²) in [4.78, 5) is 0. The second kappa shape index (κ2) is 4.13. The molecule has 90 valence electrons. The van der Waals surface area contributed by atoms with Crippen molar-refractivity contribution in [2.75, 3.05) is 0 Å². The first-order chi connectivity index (χ1) is 7.50. The van der Waals surface area contributed by atoms with Gasteiger partial charge in [-0.25, -0.2) is 8.78 Å². The highest BCUT2D eigenvalue weighted by Crippen LogP contribution is 2.26. The third kappa shape index (κ3) is 2.09. The number of nitrogens with zero attached hydrogens (tertiary/aromatic N) is 1. The van der Waals surface area contributed by atoms with Crippen molar-refractivity contribution in [3.8, 4) is 0 Å². The number of aromatic nitrogens is 2. The number of H-pyrrole nitrogens is 1. The highest BCUT2D eigenvalue weighted by Gasteiger charge is 2.33. The average molecular weight is 229 g/mol. The summed E-state index contributed by atoms with van der Waals surface area (Å²) in [6.07, 6.45) is 1.76. The van der Waals surface area contributed by atoms with Crippen molar-refractivity contribution in [3.63, 3.8) is 0 Å². The Labute approximate surface area is 93.4 Å². The highest BCUT2D eigenvalue weighted by molar-refractivity contribution is 5.29. The van der Waals surface area contributed by atoms with Gasteiger partial charge in [0.25, 0.3) is 6.43 Å². The topological polar surface area (TPSA) is 54.7 Å². The molecule has 0 spiro atoms. The van der Waals surface area contributed by atoms with Crippen LogP contribution in [0.15, 0.2) is 0 Å². The van der Waals surface area contributed by atoms with Gasteiger partial charge in [-0.3, -0.25) is 5.10 Å². The minimum atomic E-state index is -2.52. The first-order valence-electron chi connectivity index (χ1n) is 5.63. The molecule has 0 radical (unpaired) electrons. The van der Waals surface area contributed by atoms with Crippen molar-refractivity contribution in [2.45, 2.75) is 51.0 Å². The lowest BCUT2D eigenvalue weighted by atomic mass is 9.90. The normalized spacial score (nSPS) is 19.6. The van der Waals surface area contributed by atoms with Gasteiger partial charge in [-0.1, -0.05) is 0 Å². The van der Waals surface area contributed by atoms with Crippen LogP contribution in [-0.2, 0) is 19.3 Å². The fraction of sp³-hybridized carbons (Fsp3) is 0.727. The van der Waals surface area contributed by atoms with Crippen LogP contribution in [0.2, 0.25) is 0 Å². The summed E-state index contributed by atoms with van der Waals surface area (Å²) in [6, 6.07) is 0. The van der Waals surface area contributed by atoms with Crippen molar-refractivity contribution in [3.05, 3.63) is 17.0 Å². The SMILES string of the molecule is CC(N)(Cc1n[nH]c2c1CCCC2)C(F)F. The second-order valence-electron chi connectivity index (χ2n) is 4.82. The Morgan fingerprint density at radius 1 is 1.44 bits per heavy atom. The zero-order valence-corrected chi connectivity index (χ0v) is 9.39. The smallest absolute Gasteiger partial charge is 0.256 e. The van der Waals surface area contributed by atoms with E-state index in [2.05, 4.69) is 10.2 Å². The third-order valence-electron chi connectivity index (χ3n) is 3.19. The molecular formula is C11H17F2N3. The van der Waals surface area contributed by atoms with E-state index in [9.17, 15) is 8.78 Å². The quantitative estimate of drug-likeness (QED) is 0.830. The lowest BCUT2D eigenvalue weighted by molar-refractivity contribution is 0.0633. The Kier molecular flexibility index (Phi) is 2.97. The molecule has 1 aromatic rings. The average Bonchev–Trinajstić information content (AvgIpc) is 2.61. The van der Waals surface area contributed by atoms with Crippen LogP contribution >= 0.6 is 0 Å². The Morgan fingerprint density at radius 3 is 2.81 bits per heavy atom. The molecule has 0 fully saturated rings. The van der Waals surface area contributed by atoms with Crippen molar-refractivity contribution < 1.29 is 8.78 Å². The van der Waals surface area contributed by atoms with Gasteiger partial charge < -0.3 is 5.73 Å². The molecule has 16 heavy (non-hydrogen) atoms. The van der Waals surface area contributed by atoms with E-state index in [1.807, 2.05) is 0 Å². The van der Waals surface area contributed by atoms with Gasteiger partial charge in [0.05, 0.1) is 11.2 Å². The first kappa shape index (κ1) is 11.5. The summed E-state index contributed by atoms with van der Waals surface area (Å²) in [5, 5.41) is 7.06. The number of alkyl halides is 2. The van der Waals surface area contributed by atoms with Crippen LogP contribution < -0.4 is 5.73 Å². The van der Waals surface area contributed by atoms with Crippen molar-refractivity contribution in [2.24, 2.45) is 5.73 Å². The number of nitrogens with one attached hydrogen (secondary N) is 1. The molecule has 2 rings (SSSR count). The van der Waals surface area contributed by atoms with Gasteiger partial charge in [-0.15, -0.1) is 0 Å². The van der Waals surface area contributed by atoms with Crippen molar-refractivity contribution in [1.82, 2.24) is 10.2 Å². The first-order valence-corrected chi connectivity index (χ1v) is 5.63. The maximum absolute atomic E-state index is 12.7. The van der Waals surface area contributed by atoms with E-state index < -0.39 is 12.0 Å². The van der Waals surface area contributed by atoms with E-state index in [0.717, 1.165) is 42.6 Å². The molecule has 0 saturated heterocycles. The van der Waals surface area contributed by atoms with Gasteiger partial charge in [-0.05, 0) is 38.2 Å². The van der Waals surface area contributed by atoms with Gasteiger partial charge in [0.1, 0.15) is 0 Å². The largest absolute Gasteiger partial charge is 0.320 e. The van der Waals surface area contributed by atoms with Gasteiger partial charge in [-0.2, -0.15) is 5.10 Å². The number of rotatable bonds is 3. The molecule has 1 unspecified atom stereocenters. The van der Waals surface area contributed by atoms with Gasteiger partial charge in [0, 0.05) is 12.1 Å². The van der Waals surface area contributed by atoms with Crippen LogP contribution in [0.3, 0.4) is 0 Å². The zero-order valence-electron chi connectivity index (χ0n) is 9.39. The fourth-order valence-corrected chi connectivity index (χ4v) is 2.13. The lowest BCUT2D eigenvalue weighted by Gasteiger charge is -2.23. The molecule has 1 heterocycles. The minimum absolute atomic E-state index is 0.135. The molecule has 0 aliphatic heterocycles. The Bertz CT molecular complexity index is 371. The number of hydrogen-bond acceptors (Lipinski definition) is 2. The number of aromatic amines is 1. The van der Waals surface area contributed by atoms with Gasteiger partial charge >= 0.3 is 0 Å². The van der Waals surface area contributed by atoms with Crippen LogP contribution in [-0.4, -0.2) is 22.2 Å². The van der Waals surface area contributed by atoms with Crippen LogP contribution in [0.4, 0.5) is 8.78 Å².